The third-order valence-corrected chi connectivity index (χ3v) is 7.06. The van der Waals surface area contributed by atoms with Crippen LogP contribution in [0.25, 0.3) is 10.8 Å². The first-order chi connectivity index (χ1) is 16.5. The molecule has 0 bridgehead atoms. The molecule has 0 fully saturated rings. The predicted octanol–water partition coefficient (Wildman–Crippen LogP) is 7.93. The SMILES string of the molecule is Cc1ccc(Nc2ccc(S(=O)(=O)O)c3ccc(N=Nc4c(O)c(Cl)cc(Cl)c4Cl)c(O)c23)cc1. The molecule has 4 aromatic rings. The molecule has 0 aliphatic rings. The number of halogens is 3. The van der Waals surface area contributed by atoms with Crippen LogP contribution >= 0.6 is 34.8 Å². The average Bonchev–Trinajstić information content (AvgIpc) is 2.79. The number of phenols is 2. The van der Waals surface area contributed by atoms with Crippen LogP contribution in [-0.4, -0.2) is 23.2 Å². The van der Waals surface area contributed by atoms with Crippen molar-refractivity contribution in [3.8, 4) is 11.5 Å². The standard InChI is InChI=1S/C23H16Cl3N3O5S/c1-11-2-4-12(5-3-11)27-16-8-9-18(35(32,33)34)13-6-7-17(23(31)19(13)16)28-29-21-20(26)14(24)10-15(25)22(21)30/h2-10,27,30-31H,1H3,(H,32,33,34). The average molecular weight is 553 g/mol. The van der Waals surface area contributed by atoms with Crippen molar-refractivity contribution in [1.29, 1.82) is 0 Å². The van der Waals surface area contributed by atoms with Crippen LogP contribution in [0, 0.1) is 6.92 Å². The maximum Gasteiger partial charge on any atom is 0.295 e. The van der Waals surface area contributed by atoms with E-state index in [1.807, 2.05) is 31.2 Å². The van der Waals surface area contributed by atoms with Crippen LogP contribution in [0.1, 0.15) is 5.56 Å². The number of anilines is 2. The number of nitrogens with zero attached hydrogens (tertiary/aromatic N) is 2. The highest BCUT2D eigenvalue weighted by Crippen LogP contribution is 2.47. The number of benzene rings is 4. The Hall–Kier alpha value is -3.08. The van der Waals surface area contributed by atoms with Crippen molar-refractivity contribution in [3.05, 3.63) is 75.2 Å². The molecule has 4 aromatic carbocycles. The van der Waals surface area contributed by atoms with E-state index in [2.05, 4.69) is 15.5 Å². The number of aryl methyl sites for hydroxylation is 1. The van der Waals surface area contributed by atoms with Crippen LogP contribution in [0.3, 0.4) is 0 Å². The molecule has 0 spiro atoms. The van der Waals surface area contributed by atoms with Gasteiger partial charge >= 0.3 is 0 Å². The van der Waals surface area contributed by atoms with E-state index in [-0.39, 0.29) is 37.2 Å². The number of aromatic hydroxyl groups is 2. The molecule has 8 nitrogen and oxygen atoms in total. The number of azo groups is 1. The Bertz CT molecular complexity index is 1580. The molecule has 0 aliphatic carbocycles. The van der Waals surface area contributed by atoms with Gasteiger partial charge < -0.3 is 15.5 Å². The number of phenolic OH excluding ortho intramolecular Hbond substituents is 2. The van der Waals surface area contributed by atoms with Crippen molar-refractivity contribution in [2.75, 3.05) is 5.32 Å². The Morgan fingerprint density at radius 1 is 0.857 bits per heavy atom. The second-order valence-electron chi connectivity index (χ2n) is 7.48. The van der Waals surface area contributed by atoms with Crippen molar-refractivity contribution in [1.82, 2.24) is 0 Å². The quantitative estimate of drug-likeness (QED) is 0.113. The first-order valence-corrected chi connectivity index (χ1v) is 12.4. The first-order valence-electron chi connectivity index (χ1n) is 9.85. The summed E-state index contributed by atoms with van der Waals surface area (Å²) in [6, 6.07) is 13.9. The van der Waals surface area contributed by atoms with Gasteiger partial charge in [-0.1, -0.05) is 58.6 Å². The van der Waals surface area contributed by atoms with Gasteiger partial charge in [-0.3, -0.25) is 4.55 Å². The molecule has 12 heteroatoms. The van der Waals surface area contributed by atoms with E-state index < -0.39 is 26.5 Å². The fourth-order valence-corrected chi connectivity index (χ4v) is 4.68. The normalized spacial score (nSPS) is 11.9. The van der Waals surface area contributed by atoms with Gasteiger partial charge in [-0.25, -0.2) is 0 Å². The van der Waals surface area contributed by atoms with Gasteiger partial charge in [0, 0.05) is 11.1 Å². The third kappa shape index (κ3) is 5.00. The zero-order valence-corrected chi connectivity index (χ0v) is 20.9. The lowest BCUT2D eigenvalue weighted by atomic mass is 10.1. The predicted molar refractivity (Wildman–Crippen MR) is 137 cm³/mol. The molecule has 35 heavy (non-hydrogen) atoms. The molecule has 0 amide bonds. The van der Waals surface area contributed by atoms with Gasteiger partial charge in [0.15, 0.2) is 11.5 Å². The third-order valence-electron chi connectivity index (χ3n) is 5.08. The van der Waals surface area contributed by atoms with E-state index in [0.717, 1.165) is 5.56 Å². The van der Waals surface area contributed by atoms with Gasteiger partial charge in [0.05, 0.1) is 26.1 Å². The van der Waals surface area contributed by atoms with Crippen LogP contribution in [-0.2, 0) is 10.1 Å². The van der Waals surface area contributed by atoms with Crippen LogP contribution in [0.2, 0.25) is 15.1 Å². The fraction of sp³-hybridized carbons (Fsp3) is 0.0435. The molecule has 4 rings (SSSR count). The van der Waals surface area contributed by atoms with E-state index in [0.29, 0.717) is 11.4 Å². The lowest BCUT2D eigenvalue weighted by molar-refractivity contribution is 0.475. The molecule has 0 unspecified atom stereocenters. The second-order valence-corrected chi connectivity index (χ2v) is 10.1. The van der Waals surface area contributed by atoms with Crippen LogP contribution in [0.5, 0.6) is 11.5 Å². The molecule has 0 aromatic heterocycles. The van der Waals surface area contributed by atoms with Crippen LogP contribution in [0.15, 0.2) is 69.7 Å². The molecule has 4 N–H and O–H groups in total. The zero-order chi connectivity index (χ0) is 25.5. The molecule has 0 heterocycles. The van der Waals surface area contributed by atoms with E-state index in [9.17, 15) is 23.2 Å². The summed E-state index contributed by atoms with van der Waals surface area (Å²) in [7, 11) is -4.60. The molecule has 0 saturated carbocycles. The Labute approximate surface area is 215 Å². The minimum atomic E-state index is -4.60. The minimum Gasteiger partial charge on any atom is -0.505 e. The molecular formula is C23H16Cl3N3O5S. The summed E-state index contributed by atoms with van der Waals surface area (Å²) in [5.74, 6) is -0.893. The van der Waals surface area contributed by atoms with Gasteiger partial charge in [0.2, 0.25) is 0 Å². The highest BCUT2D eigenvalue weighted by Gasteiger charge is 2.21. The van der Waals surface area contributed by atoms with E-state index in [1.165, 1.54) is 30.3 Å². The molecule has 0 aliphatic heterocycles. The van der Waals surface area contributed by atoms with Crippen molar-refractivity contribution in [3.63, 3.8) is 0 Å². The van der Waals surface area contributed by atoms with Gasteiger partial charge in [-0.05, 0) is 43.3 Å². The highest BCUT2D eigenvalue weighted by molar-refractivity contribution is 7.86. The van der Waals surface area contributed by atoms with E-state index in [1.54, 1.807) is 0 Å². The first kappa shape index (κ1) is 25.0. The fourth-order valence-electron chi connectivity index (χ4n) is 3.36. The van der Waals surface area contributed by atoms with Crippen molar-refractivity contribution in [2.24, 2.45) is 10.2 Å². The van der Waals surface area contributed by atoms with Crippen LogP contribution in [0.4, 0.5) is 22.7 Å². The largest absolute Gasteiger partial charge is 0.505 e. The molecule has 0 saturated heterocycles. The smallest absolute Gasteiger partial charge is 0.295 e. The molecule has 0 atom stereocenters. The zero-order valence-electron chi connectivity index (χ0n) is 17.8. The van der Waals surface area contributed by atoms with Gasteiger partial charge in [-0.2, -0.15) is 8.42 Å². The summed E-state index contributed by atoms with van der Waals surface area (Å²) in [5.41, 5.74) is 1.76. The Balaban J connectivity index is 1.90. The molecule has 180 valence electrons. The minimum absolute atomic E-state index is 0.0357. The Morgan fingerprint density at radius 3 is 2.20 bits per heavy atom. The Kier molecular flexibility index (Phi) is 6.81. The summed E-state index contributed by atoms with van der Waals surface area (Å²) >= 11 is 18.0. The van der Waals surface area contributed by atoms with E-state index >= 15 is 0 Å². The Morgan fingerprint density at radius 2 is 1.54 bits per heavy atom. The second kappa shape index (κ2) is 9.52. The summed E-state index contributed by atoms with van der Waals surface area (Å²) in [6.45, 7) is 1.93. The maximum atomic E-state index is 11.9. The summed E-state index contributed by atoms with van der Waals surface area (Å²) < 4.78 is 33.6. The van der Waals surface area contributed by atoms with Gasteiger partial charge in [0.25, 0.3) is 10.1 Å². The number of hydrogen-bond donors (Lipinski definition) is 4. The number of nitrogens with one attached hydrogen (secondary N) is 1. The topological polar surface area (TPSA) is 132 Å². The lowest BCUT2D eigenvalue weighted by Crippen LogP contribution is -2.01. The van der Waals surface area contributed by atoms with Gasteiger partial charge in [0.1, 0.15) is 16.3 Å². The van der Waals surface area contributed by atoms with Crippen molar-refractivity contribution in [2.45, 2.75) is 11.8 Å². The number of fused-ring (bicyclic) bond motifs is 1. The number of hydrogen-bond acceptors (Lipinski definition) is 7. The maximum absolute atomic E-state index is 11.9. The number of rotatable bonds is 5. The summed E-state index contributed by atoms with van der Waals surface area (Å²) in [5, 5.41) is 32.1. The lowest BCUT2D eigenvalue weighted by Gasteiger charge is -2.14. The molecular weight excluding hydrogens is 537 g/mol. The summed E-state index contributed by atoms with van der Waals surface area (Å²) in [6.07, 6.45) is 0. The van der Waals surface area contributed by atoms with Crippen LogP contribution < -0.4 is 5.32 Å². The monoisotopic (exact) mass is 551 g/mol. The van der Waals surface area contributed by atoms with E-state index in [4.69, 9.17) is 34.8 Å². The summed E-state index contributed by atoms with van der Waals surface area (Å²) in [4.78, 5) is -0.400. The molecule has 0 radical (unpaired) electrons. The van der Waals surface area contributed by atoms with Crippen molar-refractivity contribution >= 4 is 78.4 Å². The van der Waals surface area contributed by atoms with Crippen molar-refractivity contribution < 1.29 is 23.2 Å². The van der Waals surface area contributed by atoms with Gasteiger partial charge in [-0.15, -0.1) is 10.2 Å². The highest BCUT2D eigenvalue weighted by atomic mass is 35.5.